The molecule has 3 amide bonds. The molecule has 0 spiro atoms. The Morgan fingerprint density at radius 2 is 1.67 bits per heavy atom. The number of nitrogens with zero attached hydrogens (tertiary/aromatic N) is 1. The number of alkyl carbamates (subject to hydrolysis) is 1. The minimum atomic E-state index is -0.851. The predicted molar refractivity (Wildman–Crippen MR) is 116 cm³/mol. The molecule has 0 saturated heterocycles. The molecular formula is C23H29N3O4. The summed E-state index contributed by atoms with van der Waals surface area (Å²) in [5.74, 6) is -0.571. The average molecular weight is 412 g/mol. The molecular weight excluding hydrogens is 382 g/mol. The Morgan fingerprint density at radius 3 is 2.27 bits per heavy atom. The summed E-state index contributed by atoms with van der Waals surface area (Å²) in [6, 6.07) is 15.2. The summed E-state index contributed by atoms with van der Waals surface area (Å²) in [4.78, 5) is 38.9. The van der Waals surface area contributed by atoms with Gasteiger partial charge in [-0.05, 0) is 44.5 Å². The van der Waals surface area contributed by atoms with Crippen LogP contribution in [0.25, 0.3) is 0 Å². The van der Waals surface area contributed by atoms with Crippen LogP contribution in [0.2, 0.25) is 0 Å². The van der Waals surface area contributed by atoms with Crippen molar-refractivity contribution in [3.8, 4) is 0 Å². The van der Waals surface area contributed by atoms with Crippen molar-refractivity contribution in [1.29, 1.82) is 0 Å². The molecule has 7 nitrogen and oxygen atoms in total. The van der Waals surface area contributed by atoms with Crippen LogP contribution in [0.1, 0.15) is 36.7 Å². The zero-order chi connectivity index (χ0) is 22.3. The zero-order valence-corrected chi connectivity index (χ0v) is 18.1. The molecule has 2 rings (SSSR count). The molecule has 2 N–H and O–H groups in total. The highest BCUT2D eigenvalue weighted by atomic mass is 16.6. The van der Waals surface area contributed by atoms with E-state index in [0.29, 0.717) is 17.7 Å². The molecule has 0 radical (unpaired) electrons. The van der Waals surface area contributed by atoms with Crippen molar-refractivity contribution < 1.29 is 19.1 Å². The van der Waals surface area contributed by atoms with Crippen LogP contribution in [-0.2, 0) is 16.0 Å². The second kappa shape index (κ2) is 9.91. The topological polar surface area (TPSA) is 87.7 Å². The van der Waals surface area contributed by atoms with Gasteiger partial charge in [-0.25, -0.2) is 4.79 Å². The fourth-order valence-corrected chi connectivity index (χ4v) is 2.73. The first kappa shape index (κ1) is 22.9. The van der Waals surface area contributed by atoms with E-state index in [2.05, 4.69) is 10.6 Å². The third-order valence-electron chi connectivity index (χ3n) is 4.07. The molecule has 30 heavy (non-hydrogen) atoms. The van der Waals surface area contributed by atoms with Crippen molar-refractivity contribution in [1.82, 2.24) is 10.2 Å². The van der Waals surface area contributed by atoms with E-state index in [4.69, 9.17) is 4.74 Å². The average Bonchev–Trinajstić information content (AvgIpc) is 2.66. The lowest BCUT2D eigenvalue weighted by Gasteiger charge is -2.23. The first-order valence-electron chi connectivity index (χ1n) is 9.71. The van der Waals surface area contributed by atoms with E-state index in [9.17, 15) is 14.4 Å². The number of amides is 3. The van der Waals surface area contributed by atoms with E-state index in [1.807, 2.05) is 30.3 Å². The smallest absolute Gasteiger partial charge is 0.408 e. The molecule has 0 aromatic heterocycles. The molecule has 1 unspecified atom stereocenters. The van der Waals surface area contributed by atoms with Gasteiger partial charge in [-0.3, -0.25) is 9.59 Å². The van der Waals surface area contributed by atoms with Gasteiger partial charge in [0.25, 0.3) is 5.91 Å². The maximum Gasteiger partial charge on any atom is 0.408 e. The number of anilines is 1. The highest BCUT2D eigenvalue weighted by Crippen LogP contribution is 2.14. The molecule has 0 aliphatic heterocycles. The number of nitrogens with one attached hydrogen (secondary N) is 2. The quantitative estimate of drug-likeness (QED) is 0.762. The lowest BCUT2D eigenvalue weighted by Crippen LogP contribution is -2.47. The minimum absolute atomic E-state index is 0.168. The summed E-state index contributed by atoms with van der Waals surface area (Å²) >= 11 is 0. The molecule has 2 aromatic rings. The third kappa shape index (κ3) is 7.24. The van der Waals surface area contributed by atoms with Gasteiger partial charge in [0.05, 0.1) is 0 Å². The monoisotopic (exact) mass is 411 g/mol. The van der Waals surface area contributed by atoms with Crippen molar-refractivity contribution in [2.75, 3.05) is 19.4 Å². The third-order valence-corrected chi connectivity index (χ3v) is 4.07. The zero-order valence-electron chi connectivity index (χ0n) is 18.1. The Kier molecular flexibility index (Phi) is 7.58. The molecule has 0 aliphatic rings. The number of hydrogen-bond donors (Lipinski definition) is 2. The van der Waals surface area contributed by atoms with Crippen molar-refractivity contribution in [3.63, 3.8) is 0 Å². The number of carbonyl (C=O) groups excluding carboxylic acids is 3. The molecule has 0 heterocycles. The van der Waals surface area contributed by atoms with Gasteiger partial charge in [0.15, 0.2) is 0 Å². The Labute approximate surface area is 177 Å². The van der Waals surface area contributed by atoms with Crippen LogP contribution in [0.4, 0.5) is 10.5 Å². The summed E-state index contributed by atoms with van der Waals surface area (Å²) in [5.41, 5.74) is 1.14. The predicted octanol–water partition coefficient (Wildman–Crippen LogP) is 3.46. The Bertz CT molecular complexity index is 889. The van der Waals surface area contributed by atoms with Crippen molar-refractivity contribution >= 4 is 23.6 Å². The van der Waals surface area contributed by atoms with Gasteiger partial charge in [0.1, 0.15) is 11.6 Å². The Hall–Kier alpha value is -3.35. The number of carbonyl (C=O) groups is 3. The molecule has 7 heteroatoms. The number of benzene rings is 2. The molecule has 0 fully saturated rings. The van der Waals surface area contributed by atoms with Gasteiger partial charge in [0, 0.05) is 31.8 Å². The number of rotatable bonds is 6. The first-order chi connectivity index (χ1) is 14.0. The van der Waals surface area contributed by atoms with Crippen LogP contribution in [0.5, 0.6) is 0 Å². The number of ether oxygens (including phenoxy) is 1. The van der Waals surface area contributed by atoms with Crippen LogP contribution in [0.3, 0.4) is 0 Å². The minimum Gasteiger partial charge on any atom is -0.444 e. The van der Waals surface area contributed by atoms with Gasteiger partial charge in [-0.2, -0.15) is 0 Å². The Morgan fingerprint density at radius 1 is 1.00 bits per heavy atom. The largest absolute Gasteiger partial charge is 0.444 e. The second-order valence-corrected chi connectivity index (χ2v) is 8.16. The number of hydrogen-bond acceptors (Lipinski definition) is 4. The molecule has 1 atom stereocenters. The van der Waals surface area contributed by atoms with Crippen molar-refractivity contribution in [2.24, 2.45) is 0 Å². The van der Waals surface area contributed by atoms with Gasteiger partial charge in [-0.1, -0.05) is 36.4 Å². The second-order valence-electron chi connectivity index (χ2n) is 8.16. The van der Waals surface area contributed by atoms with E-state index in [1.165, 1.54) is 4.90 Å². The Balaban J connectivity index is 2.18. The summed E-state index contributed by atoms with van der Waals surface area (Å²) < 4.78 is 5.30. The van der Waals surface area contributed by atoms with Gasteiger partial charge < -0.3 is 20.3 Å². The van der Waals surface area contributed by atoms with Crippen LogP contribution in [-0.4, -0.2) is 48.5 Å². The first-order valence-corrected chi connectivity index (χ1v) is 9.71. The van der Waals surface area contributed by atoms with Gasteiger partial charge >= 0.3 is 6.09 Å². The normalized spacial score (nSPS) is 11.9. The molecule has 2 aromatic carbocycles. The SMILES string of the molecule is CN(C)C(=O)c1cccc(NC(=O)C(Cc2ccccc2)NC(=O)OC(C)(C)C)c1. The van der Waals surface area contributed by atoms with E-state index < -0.39 is 23.6 Å². The highest BCUT2D eigenvalue weighted by molar-refractivity contribution is 5.99. The van der Waals surface area contributed by atoms with Crippen molar-refractivity contribution in [3.05, 3.63) is 65.7 Å². The fourth-order valence-electron chi connectivity index (χ4n) is 2.73. The van der Waals surface area contributed by atoms with Gasteiger partial charge in [0.2, 0.25) is 5.91 Å². The van der Waals surface area contributed by atoms with Crippen molar-refractivity contribution in [2.45, 2.75) is 38.8 Å². The van der Waals surface area contributed by atoms with Crippen LogP contribution < -0.4 is 10.6 Å². The van der Waals surface area contributed by atoms with Crippen LogP contribution in [0, 0.1) is 0 Å². The highest BCUT2D eigenvalue weighted by Gasteiger charge is 2.25. The summed E-state index contributed by atoms with van der Waals surface area (Å²) in [7, 11) is 3.32. The summed E-state index contributed by atoms with van der Waals surface area (Å²) in [5, 5.41) is 5.43. The summed E-state index contributed by atoms with van der Waals surface area (Å²) in [6.07, 6.45) is -0.377. The van der Waals surface area contributed by atoms with Crippen LogP contribution in [0.15, 0.2) is 54.6 Å². The molecule has 160 valence electrons. The maximum atomic E-state index is 13.0. The maximum absolute atomic E-state index is 13.0. The van der Waals surface area contributed by atoms with E-state index in [-0.39, 0.29) is 5.91 Å². The van der Waals surface area contributed by atoms with Gasteiger partial charge in [-0.15, -0.1) is 0 Å². The lowest BCUT2D eigenvalue weighted by atomic mass is 10.1. The van der Waals surface area contributed by atoms with E-state index >= 15 is 0 Å². The summed E-state index contributed by atoms with van der Waals surface area (Å²) in [6.45, 7) is 5.27. The molecule has 0 aliphatic carbocycles. The molecule has 0 saturated carbocycles. The standard InChI is InChI=1S/C23H29N3O4/c1-23(2,3)30-22(29)25-19(14-16-10-7-6-8-11-16)20(27)24-18-13-9-12-17(15-18)21(28)26(4)5/h6-13,15,19H,14H2,1-5H3,(H,24,27)(H,25,29). The molecule has 0 bridgehead atoms. The van der Waals surface area contributed by atoms with E-state index in [1.54, 1.807) is 59.1 Å². The lowest BCUT2D eigenvalue weighted by molar-refractivity contribution is -0.118. The van der Waals surface area contributed by atoms with E-state index in [0.717, 1.165) is 5.56 Å². The van der Waals surface area contributed by atoms with Crippen LogP contribution >= 0.6 is 0 Å². The fraction of sp³-hybridized carbons (Fsp3) is 0.348.